The van der Waals surface area contributed by atoms with Gasteiger partial charge in [-0.15, -0.1) is 24.0 Å². The quantitative estimate of drug-likeness (QED) is 0.316. The number of rotatable bonds is 7. The maximum Gasteiger partial charge on any atom is 0.225 e. The van der Waals surface area contributed by atoms with Crippen LogP contribution in [-0.2, 0) is 4.79 Å². The molecule has 0 radical (unpaired) electrons. The fraction of sp³-hybridized carbons (Fsp3) is 0.905. The standard InChI is InChI=1S/C21H41N5O.HI/c1-5-22-21(23-12-7-18-8-13-25(6-2)14-9-18)24-19-10-15-26(16-11-19)20(27)17(3)4;/h17-19H,5-16H2,1-4H3,(H2,22,23,24);1H. The first-order valence-electron chi connectivity index (χ1n) is 11.1. The molecule has 0 aliphatic carbocycles. The number of carbonyl (C=O) groups is 1. The Morgan fingerprint density at radius 3 is 2.25 bits per heavy atom. The number of aliphatic imine (C=N–C) groups is 1. The molecule has 1 amide bonds. The molecule has 2 aliphatic rings. The third-order valence-electron chi connectivity index (χ3n) is 5.95. The van der Waals surface area contributed by atoms with Crippen molar-refractivity contribution < 1.29 is 4.79 Å². The molecule has 0 aromatic heterocycles. The lowest BCUT2D eigenvalue weighted by atomic mass is 9.94. The van der Waals surface area contributed by atoms with Gasteiger partial charge in [0.15, 0.2) is 5.96 Å². The molecule has 2 fully saturated rings. The van der Waals surface area contributed by atoms with Crippen LogP contribution in [0.1, 0.15) is 59.8 Å². The summed E-state index contributed by atoms with van der Waals surface area (Å²) in [5.41, 5.74) is 0. The van der Waals surface area contributed by atoms with Gasteiger partial charge in [0.05, 0.1) is 0 Å². The number of nitrogens with zero attached hydrogens (tertiary/aromatic N) is 3. The molecule has 2 heterocycles. The molecule has 2 N–H and O–H groups in total. The Bertz CT molecular complexity index is 469. The molecule has 2 saturated heterocycles. The lowest BCUT2D eigenvalue weighted by Gasteiger charge is -2.34. The van der Waals surface area contributed by atoms with Crippen molar-refractivity contribution in [2.24, 2.45) is 16.8 Å². The van der Waals surface area contributed by atoms with Gasteiger partial charge in [0.2, 0.25) is 5.91 Å². The molecule has 0 unspecified atom stereocenters. The van der Waals surface area contributed by atoms with Crippen LogP contribution in [0, 0.1) is 11.8 Å². The van der Waals surface area contributed by atoms with Gasteiger partial charge < -0.3 is 20.4 Å². The molecular weight excluding hydrogens is 465 g/mol. The van der Waals surface area contributed by atoms with E-state index in [0.29, 0.717) is 6.04 Å². The Morgan fingerprint density at radius 2 is 1.71 bits per heavy atom. The molecule has 2 aliphatic heterocycles. The molecule has 164 valence electrons. The van der Waals surface area contributed by atoms with Gasteiger partial charge in [-0.2, -0.15) is 0 Å². The zero-order valence-corrected chi connectivity index (χ0v) is 20.7. The summed E-state index contributed by atoms with van der Waals surface area (Å²) in [5, 5.41) is 6.98. The average molecular weight is 508 g/mol. The predicted octanol–water partition coefficient (Wildman–Crippen LogP) is 2.93. The second-order valence-electron chi connectivity index (χ2n) is 8.33. The fourth-order valence-electron chi connectivity index (χ4n) is 4.07. The molecule has 28 heavy (non-hydrogen) atoms. The molecular formula is C21H42IN5O. The van der Waals surface area contributed by atoms with Crippen molar-refractivity contribution in [2.75, 3.05) is 45.8 Å². The van der Waals surface area contributed by atoms with Crippen LogP contribution in [0.4, 0.5) is 0 Å². The van der Waals surface area contributed by atoms with Crippen LogP contribution in [0.25, 0.3) is 0 Å². The van der Waals surface area contributed by atoms with E-state index in [0.717, 1.165) is 50.9 Å². The maximum atomic E-state index is 12.1. The summed E-state index contributed by atoms with van der Waals surface area (Å²) >= 11 is 0. The summed E-state index contributed by atoms with van der Waals surface area (Å²) in [6.45, 7) is 15.5. The summed E-state index contributed by atoms with van der Waals surface area (Å²) in [6.07, 6.45) is 5.82. The SMILES string of the molecule is CCNC(=NCCC1CCN(CC)CC1)NC1CCN(C(=O)C(C)C)CC1.I. The first-order valence-corrected chi connectivity index (χ1v) is 11.1. The third kappa shape index (κ3) is 8.43. The molecule has 0 spiro atoms. The van der Waals surface area contributed by atoms with Gasteiger partial charge >= 0.3 is 0 Å². The van der Waals surface area contributed by atoms with Crippen molar-refractivity contribution in [1.82, 2.24) is 20.4 Å². The van der Waals surface area contributed by atoms with Crippen molar-refractivity contribution in [3.63, 3.8) is 0 Å². The molecule has 0 bridgehead atoms. The Hall–Kier alpha value is -0.570. The normalized spacial score (nSPS) is 20.2. The second kappa shape index (κ2) is 13.6. The van der Waals surface area contributed by atoms with E-state index in [9.17, 15) is 4.79 Å². The van der Waals surface area contributed by atoms with E-state index in [2.05, 4.69) is 29.4 Å². The first-order chi connectivity index (χ1) is 13.0. The smallest absolute Gasteiger partial charge is 0.225 e. The van der Waals surface area contributed by atoms with Crippen LogP contribution in [0.15, 0.2) is 4.99 Å². The van der Waals surface area contributed by atoms with Crippen LogP contribution in [0.5, 0.6) is 0 Å². The summed E-state index contributed by atoms with van der Waals surface area (Å²) in [4.78, 5) is 21.5. The Labute approximate surface area is 189 Å². The zero-order valence-electron chi connectivity index (χ0n) is 18.4. The maximum absolute atomic E-state index is 12.1. The topological polar surface area (TPSA) is 60.0 Å². The number of hydrogen-bond acceptors (Lipinski definition) is 3. The van der Waals surface area contributed by atoms with E-state index < -0.39 is 0 Å². The number of guanidine groups is 1. The summed E-state index contributed by atoms with van der Waals surface area (Å²) in [7, 11) is 0. The highest BCUT2D eigenvalue weighted by Gasteiger charge is 2.24. The summed E-state index contributed by atoms with van der Waals surface area (Å²) < 4.78 is 0. The van der Waals surface area contributed by atoms with E-state index in [4.69, 9.17) is 4.99 Å². The number of amides is 1. The van der Waals surface area contributed by atoms with Crippen LogP contribution in [0.3, 0.4) is 0 Å². The van der Waals surface area contributed by atoms with Crippen molar-refractivity contribution in [3.05, 3.63) is 0 Å². The summed E-state index contributed by atoms with van der Waals surface area (Å²) in [6, 6.07) is 0.409. The van der Waals surface area contributed by atoms with E-state index in [-0.39, 0.29) is 35.8 Å². The van der Waals surface area contributed by atoms with Crippen LogP contribution >= 0.6 is 24.0 Å². The minimum absolute atomic E-state index is 0. The largest absolute Gasteiger partial charge is 0.357 e. The number of nitrogens with one attached hydrogen (secondary N) is 2. The lowest BCUT2D eigenvalue weighted by molar-refractivity contribution is -0.135. The third-order valence-corrected chi connectivity index (χ3v) is 5.95. The van der Waals surface area contributed by atoms with Crippen LogP contribution in [0.2, 0.25) is 0 Å². The number of likely N-dealkylation sites (tertiary alicyclic amines) is 2. The number of hydrogen-bond donors (Lipinski definition) is 2. The van der Waals surface area contributed by atoms with Gasteiger partial charge in [-0.3, -0.25) is 9.79 Å². The van der Waals surface area contributed by atoms with Crippen molar-refractivity contribution in [2.45, 2.75) is 65.8 Å². The Morgan fingerprint density at radius 1 is 1.07 bits per heavy atom. The lowest BCUT2D eigenvalue weighted by Crippen LogP contribution is -2.50. The van der Waals surface area contributed by atoms with E-state index in [1.165, 1.54) is 38.9 Å². The monoisotopic (exact) mass is 507 g/mol. The highest BCUT2D eigenvalue weighted by molar-refractivity contribution is 14.0. The van der Waals surface area contributed by atoms with Crippen LogP contribution in [-0.4, -0.2) is 73.5 Å². The van der Waals surface area contributed by atoms with Crippen molar-refractivity contribution in [3.8, 4) is 0 Å². The van der Waals surface area contributed by atoms with Gasteiger partial charge in [-0.25, -0.2) is 0 Å². The van der Waals surface area contributed by atoms with E-state index in [1.54, 1.807) is 0 Å². The van der Waals surface area contributed by atoms with E-state index in [1.807, 2.05) is 18.7 Å². The van der Waals surface area contributed by atoms with Gasteiger partial charge in [0.25, 0.3) is 0 Å². The number of carbonyl (C=O) groups excluding carboxylic acids is 1. The summed E-state index contributed by atoms with van der Waals surface area (Å²) in [5.74, 6) is 2.14. The highest BCUT2D eigenvalue weighted by Crippen LogP contribution is 2.20. The van der Waals surface area contributed by atoms with Gasteiger partial charge in [0.1, 0.15) is 0 Å². The molecule has 7 heteroatoms. The number of halogens is 1. The van der Waals surface area contributed by atoms with Crippen molar-refractivity contribution >= 4 is 35.8 Å². The van der Waals surface area contributed by atoms with Crippen molar-refractivity contribution in [1.29, 1.82) is 0 Å². The minimum Gasteiger partial charge on any atom is -0.357 e. The molecule has 0 saturated carbocycles. The predicted molar refractivity (Wildman–Crippen MR) is 128 cm³/mol. The van der Waals surface area contributed by atoms with Gasteiger partial charge in [0, 0.05) is 38.1 Å². The zero-order chi connectivity index (χ0) is 19.6. The molecule has 0 aromatic rings. The molecule has 0 atom stereocenters. The minimum atomic E-state index is 0. The van der Waals surface area contributed by atoms with Crippen LogP contribution < -0.4 is 10.6 Å². The molecule has 6 nitrogen and oxygen atoms in total. The molecule has 0 aromatic carbocycles. The molecule has 2 rings (SSSR count). The Kier molecular flexibility index (Phi) is 12.4. The first kappa shape index (κ1) is 25.5. The average Bonchev–Trinajstić information content (AvgIpc) is 2.68. The fourth-order valence-corrected chi connectivity index (χ4v) is 4.07. The Balaban J connectivity index is 0.00000392. The highest BCUT2D eigenvalue weighted by atomic mass is 127. The van der Waals surface area contributed by atoms with Gasteiger partial charge in [-0.1, -0.05) is 20.8 Å². The number of piperidine rings is 2. The second-order valence-corrected chi connectivity index (χ2v) is 8.33. The van der Waals surface area contributed by atoms with Gasteiger partial charge in [-0.05, 0) is 64.6 Å². The van der Waals surface area contributed by atoms with E-state index >= 15 is 0 Å².